The van der Waals surface area contributed by atoms with Crippen molar-refractivity contribution in [3.8, 4) is 17.3 Å². The average Bonchev–Trinajstić information content (AvgIpc) is 3.21. The fourth-order valence-corrected chi connectivity index (χ4v) is 5.91. The smallest absolute Gasteiger partial charge is 0.356 e. The number of carbonyl (C=O) groups excluding carboxylic acids is 1. The summed E-state index contributed by atoms with van der Waals surface area (Å²) < 4.78 is 41.6. The van der Waals surface area contributed by atoms with Crippen LogP contribution in [-0.4, -0.2) is 65.8 Å². The number of nitrogens with one attached hydrogen (secondary N) is 1. The number of morpholine rings is 1. The fourth-order valence-electron chi connectivity index (χ4n) is 4.36. The third-order valence-electron chi connectivity index (χ3n) is 6.75. The largest absolute Gasteiger partial charge is 0.476 e. The minimum absolute atomic E-state index is 0.0183. The summed E-state index contributed by atoms with van der Waals surface area (Å²) in [6.45, 7) is 2.41. The van der Waals surface area contributed by atoms with Gasteiger partial charge in [0.25, 0.3) is 0 Å². The maximum absolute atomic E-state index is 13.8. The highest BCUT2D eigenvalue weighted by molar-refractivity contribution is 7.89. The van der Waals surface area contributed by atoms with Gasteiger partial charge in [0, 0.05) is 30.3 Å². The van der Waals surface area contributed by atoms with Gasteiger partial charge in [-0.1, -0.05) is 24.6 Å². The van der Waals surface area contributed by atoms with Gasteiger partial charge >= 0.3 is 5.97 Å². The number of hydrogen-bond acceptors (Lipinski definition) is 7. The molecule has 1 amide bonds. The molecule has 5 rings (SSSR count). The summed E-state index contributed by atoms with van der Waals surface area (Å²) in [4.78, 5) is 24.3. The van der Waals surface area contributed by atoms with E-state index in [1.165, 1.54) is 21.1 Å². The number of nitrogens with zero attached hydrogens (tertiary/aromatic N) is 3. The number of sulfonamides is 1. The van der Waals surface area contributed by atoms with Crippen LogP contribution in [0.25, 0.3) is 5.69 Å². The zero-order valence-corrected chi connectivity index (χ0v) is 21.6. The van der Waals surface area contributed by atoms with Crippen molar-refractivity contribution in [3.05, 3.63) is 59.8 Å². The maximum Gasteiger partial charge on any atom is 0.356 e. The van der Waals surface area contributed by atoms with E-state index in [2.05, 4.69) is 10.4 Å². The Labute approximate surface area is 220 Å². The topological polar surface area (TPSA) is 140 Å². The van der Waals surface area contributed by atoms with Crippen LogP contribution in [0.2, 0.25) is 0 Å². The van der Waals surface area contributed by atoms with Crippen molar-refractivity contribution in [3.63, 3.8) is 0 Å². The Hall–Kier alpha value is -3.74. The molecular weight excluding hydrogens is 512 g/mol. The molecule has 38 heavy (non-hydrogen) atoms. The van der Waals surface area contributed by atoms with Crippen LogP contribution >= 0.6 is 0 Å². The van der Waals surface area contributed by atoms with Crippen LogP contribution in [0.1, 0.15) is 35.3 Å². The lowest BCUT2D eigenvalue weighted by atomic mass is 9.85. The summed E-state index contributed by atoms with van der Waals surface area (Å²) >= 11 is 0. The van der Waals surface area contributed by atoms with Gasteiger partial charge < -0.3 is 19.9 Å². The van der Waals surface area contributed by atoms with Gasteiger partial charge in [-0.3, -0.25) is 4.79 Å². The number of benzene rings is 2. The van der Waals surface area contributed by atoms with Crippen LogP contribution in [-0.2, 0) is 19.6 Å². The fraction of sp³-hybridized carbons (Fsp3) is 0.346. The molecule has 0 bridgehead atoms. The Kier molecular flexibility index (Phi) is 7.19. The number of rotatable bonds is 8. The lowest BCUT2D eigenvalue weighted by Gasteiger charge is -2.27. The van der Waals surface area contributed by atoms with Crippen LogP contribution in [0.4, 0.5) is 5.69 Å². The summed E-state index contributed by atoms with van der Waals surface area (Å²) in [5.74, 6) is -1.42. The minimum atomic E-state index is -4.05. The number of carboxylic acids is 1. The first-order valence-electron chi connectivity index (χ1n) is 12.3. The predicted octanol–water partition coefficient (Wildman–Crippen LogP) is 3.43. The number of hydrogen-bond donors (Lipinski definition) is 2. The van der Waals surface area contributed by atoms with Crippen LogP contribution in [0.15, 0.2) is 53.4 Å². The van der Waals surface area contributed by atoms with Crippen molar-refractivity contribution in [2.75, 3.05) is 31.6 Å². The summed E-state index contributed by atoms with van der Waals surface area (Å²) in [6.07, 6.45) is 2.61. The molecule has 2 fully saturated rings. The Morgan fingerprint density at radius 3 is 2.45 bits per heavy atom. The summed E-state index contributed by atoms with van der Waals surface area (Å²) in [6, 6.07) is 13.2. The minimum Gasteiger partial charge on any atom is -0.476 e. The third kappa shape index (κ3) is 5.02. The average molecular weight is 541 g/mol. The molecule has 1 aliphatic carbocycles. The van der Waals surface area contributed by atoms with Crippen molar-refractivity contribution in [2.45, 2.75) is 31.1 Å². The molecule has 200 valence electrons. The number of carboxylic acid groups (broad SMARTS) is 1. The summed E-state index contributed by atoms with van der Waals surface area (Å²) in [5, 5.41) is 16.7. The van der Waals surface area contributed by atoms with E-state index in [0.717, 1.165) is 19.3 Å². The highest BCUT2D eigenvalue weighted by Gasteiger charge is 2.32. The molecular formula is C26H28N4O7S. The highest BCUT2D eigenvalue weighted by atomic mass is 32.2. The zero-order chi connectivity index (χ0) is 26.9. The van der Waals surface area contributed by atoms with Crippen LogP contribution in [0.3, 0.4) is 0 Å². The van der Waals surface area contributed by atoms with Gasteiger partial charge in [-0.25, -0.2) is 13.2 Å². The van der Waals surface area contributed by atoms with Gasteiger partial charge in [0.05, 0.1) is 18.9 Å². The van der Waals surface area contributed by atoms with Crippen LogP contribution in [0, 0.1) is 12.8 Å². The van der Waals surface area contributed by atoms with Gasteiger partial charge in [0.15, 0.2) is 5.69 Å². The molecule has 3 aromatic rings. The van der Waals surface area contributed by atoms with Gasteiger partial charge in [0.2, 0.25) is 21.8 Å². The first-order valence-corrected chi connectivity index (χ1v) is 13.8. The van der Waals surface area contributed by atoms with Crippen molar-refractivity contribution in [2.24, 2.45) is 5.92 Å². The van der Waals surface area contributed by atoms with Gasteiger partial charge in [-0.2, -0.15) is 14.1 Å². The molecule has 0 atom stereocenters. The second-order valence-corrected chi connectivity index (χ2v) is 11.1. The third-order valence-corrected chi connectivity index (χ3v) is 8.67. The monoisotopic (exact) mass is 540 g/mol. The van der Waals surface area contributed by atoms with E-state index in [4.69, 9.17) is 9.47 Å². The molecule has 2 heterocycles. The van der Waals surface area contributed by atoms with Crippen LogP contribution in [0.5, 0.6) is 11.6 Å². The zero-order valence-electron chi connectivity index (χ0n) is 20.8. The first kappa shape index (κ1) is 25.9. The number of ether oxygens (including phenoxy) is 2. The standard InChI is InChI=1S/C26H28N4O7S/c1-17-23(26(32)33)28-30(20-8-3-2-4-9-20)25(17)37-21-11-10-19(27-24(31)18-6-5-7-18)16-22(21)38(34,35)29-12-14-36-15-13-29/h2-4,8-11,16,18H,5-7,12-15H2,1H3,(H,27,31)(H,32,33). The molecule has 1 aliphatic heterocycles. The first-order chi connectivity index (χ1) is 18.3. The molecule has 2 aliphatic rings. The van der Waals surface area contributed by atoms with Gasteiger partial charge in [-0.15, -0.1) is 0 Å². The number of para-hydroxylation sites is 1. The van der Waals surface area contributed by atoms with E-state index < -0.39 is 16.0 Å². The maximum atomic E-state index is 13.8. The van der Waals surface area contributed by atoms with E-state index in [9.17, 15) is 23.1 Å². The molecule has 2 aromatic carbocycles. The SMILES string of the molecule is Cc1c(C(=O)O)nn(-c2ccccc2)c1Oc1ccc(NC(=O)C2CCC2)cc1S(=O)(=O)N1CCOCC1. The predicted molar refractivity (Wildman–Crippen MR) is 137 cm³/mol. The van der Waals surface area contributed by atoms with Crippen molar-refractivity contribution >= 4 is 27.6 Å². The summed E-state index contributed by atoms with van der Waals surface area (Å²) in [5.41, 5.74) is 0.893. The Balaban J connectivity index is 1.58. The highest BCUT2D eigenvalue weighted by Crippen LogP contribution is 2.37. The van der Waals surface area contributed by atoms with Gasteiger partial charge in [0.1, 0.15) is 10.6 Å². The number of aromatic nitrogens is 2. The number of carbonyl (C=O) groups is 2. The quantitative estimate of drug-likeness (QED) is 0.443. The number of anilines is 1. The molecule has 2 N–H and O–H groups in total. The molecule has 1 saturated heterocycles. The van der Waals surface area contributed by atoms with Crippen molar-refractivity contribution in [1.29, 1.82) is 0 Å². The molecule has 0 radical (unpaired) electrons. The van der Waals surface area contributed by atoms with E-state index in [1.54, 1.807) is 37.3 Å². The van der Waals surface area contributed by atoms with Crippen LogP contribution < -0.4 is 10.1 Å². The Bertz CT molecular complexity index is 1460. The van der Waals surface area contributed by atoms with Crippen molar-refractivity contribution < 1.29 is 32.6 Å². The van der Waals surface area contributed by atoms with E-state index in [-0.39, 0.29) is 65.9 Å². The number of amides is 1. The molecule has 1 aromatic heterocycles. The van der Waals surface area contributed by atoms with E-state index in [0.29, 0.717) is 11.4 Å². The second-order valence-electron chi connectivity index (χ2n) is 9.23. The number of aromatic carboxylic acids is 1. The summed E-state index contributed by atoms with van der Waals surface area (Å²) in [7, 11) is -4.05. The lowest BCUT2D eigenvalue weighted by Crippen LogP contribution is -2.40. The Morgan fingerprint density at radius 1 is 1.11 bits per heavy atom. The van der Waals surface area contributed by atoms with Gasteiger partial charge in [-0.05, 0) is 50.1 Å². The molecule has 12 heteroatoms. The normalized spacial score (nSPS) is 16.6. The molecule has 0 unspecified atom stereocenters. The lowest BCUT2D eigenvalue weighted by molar-refractivity contribution is -0.122. The van der Waals surface area contributed by atoms with Crippen molar-refractivity contribution in [1.82, 2.24) is 14.1 Å². The van der Waals surface area contributed by atoms with E-state index in [1.807, 2.05) is 6.07 Å². The Morgan fingerprint density at radius 2 is 1.82 bits per heavy atom. The second kappa shape index (κ2) is 10.6. The molecule has 0 spiro atoms. The molecule has 1 saturated carbocycles. The molecule has 11 nitrogen and oxygen atoms in total. The van der Waals surface area contributed by atoms with E-state index >= 15 is 0 Å².